The Labute approximate surface area is 161 Å². The van der Waals surface area contributed by atoms with Crippen LogP contribution in [0.5, 0.6) is 5.75 Å². The summed E-state index contributed by atoms with van der Waals surface area (Å²) in [7, 11) is 0. The molecule has 0 unspecified atom stereocenters. The molecule has 0 aromatic heterocycles. The van der Waals surface area contributed by atoms with E-state index in [0.29, 0.717) is 13.0 Å². The summed E-state index contributed by atoms with van der Waals surface area (Å²) in [5, 5.41) is 8.78. The van der Waals surface area contributed by atoms with Crippen LogP contribution in [0.3, 0.4) is 0 Å². The smallest absolute Gasteiger partial charge is 0.303 e. The van der Waals surface area contributed by atoms with E-state index in [1.54, 1.807) is 0 Å². The van der Waals surface area contributed by atoms with Crippen molar-refractivity contribution in [2.45, 2.75) is 19.4 Å². The summed E-state index contributed by atoms with van der Waals surface area (Å²) >= 11 is 3.51. The zero-order chi connectivity index (χ0) is 18.4. The molecule has 0 spiro atoms. The Morgan fingerprint density at radius 2 is 1.65 bits per heavy atom. The quantitative estimate of drug-likeness (QED) is 0.542. The van der Waals surface area contributed by atoms with Crippen molar-refractivity contribution >= 4 is 21.9 Å². The van der Waals surface area contributed by atoms with Crippen molar-refractivity contribution in [3.05, 3.63) is 88.4 Å². The maximum absolute atomic E-state index is 10.7. The van der Waals surface area contributed by atoms with E-state index in [4.69, 9.17) is 9.84 Å². The van der Waals surface area contributed by atoms with E-state index >= 15 is 0 Å². The number of ether oxygens (including phenoxy) is 1. The number of halogens is 1. The van der Waals surface area contributed by atoms with Crippen LogP contribution in [-0.2, 0) is 17.8 Å². The lowest BCUT2D eigenvalue weighted by Gasteiger charge is -2.11. The van der Waals surface area contributed by atoms with Crippen LogP contribution in [0, 0.1) is 0 Å². The van der Waals surface area contributed by atoms with Crippen molar-refractivity contribution in [1.29, 1.82) is 0 Å². The maximum Gasteiger partial charge on any atom is 0.303 e. The molecule has 3 aromatic rings. The lowest BCUT2D eigenvalue weighted by Crippen LogP contribution is -1.99. The van der Waals surface area contributed by atoms with Crippen LogP contribution in [0.1, 0.15) is 17.5 Å². The highest BCUT2D eigenvalue weighted by Crippen LogP contribution is 2.28. The summed E-state index contributed by atoms with van der Waals surface area (Å²) in [6.45, 7) is 0.466. The SMILES string of the molecule is O=C(O)CCc1ccc(OCc2cccc(-c3ccccc3)c2)c(Br)c1. The van der Waals surface area contributed by atoms with Crippen molar-refractivity contribution in [3.63, 3.8) is 0 Å². The summed E-state index contributed by atoms with van der Waals surface area (Å²) in [6, 6.07) is 24.2. The maximum atomic E-state index is 10.7. The van der Waals surface area contributed by atoms with E-state index in [1.165, 1.54) is 5.56 Å². The van der Waals surface area contributed by atoms with Crippen LogP contribution < -0.4 is 4.74 Å². The number of hydrogen-bond donors (Lipinski definition) is 1. The second kappa shape index (κ2) is 8.68. The van der Waals surface area contributed by atoms with E-state index in [-0.39, 0.29) is 6.42 Å². The molecule has 0 aliphatic rings. The number of rotatable bonds is 7. The first kappa shape index (κ1) is 18.2. The molecule has 0 atom stereocenters. The minimum absolute atomic E-state index is 0.124. The molecule has 3 nitrogen and oxygen atoms in total. The molecule has 4 heteroatoms. The fourth-order valence-corrected chi connectivity index (χ4v) is 3.24. The Morgan fingerprint density at radius 3 is 2.38 bits per heavy atom. The minimum Gasteiger partial charge on any atom is -0.488 e. The van der Waals surface area contributed by atoms with Crippen LogP contribution in [0.4, 0.5) is 0 Å². The number of aryl methyl sites for hydroxylation is 1. The van der Waals surface area contributed by atoms with Crippen molar-refractivity contribution in [1.82, 2.24) is 0 Å². The predicted molar refractivity (Wildman–Crippen MR) is 106 cm³/mol. The molecule has 0 saturated heterocycles. The van der Waals surface area contributed by atoms with Gasteiger partial charge in [-0.2, -0.15) is 0 Å². The third-order valence-electron chi connectivity index (χ3n) is 4.05. The molecule has 0 radical (unpaired) electrons. The molecule has 0 amide bonds. The normalized spacial score (nSPS) is 10.5. The van der Waals surface area contributed by atoms with Gasteiger partial charge in [0.2, 0.25) is 0 Å². The van der Waals surface area contributed by atoms with Gasteiger partial charge in [0.15, 0.2) is 0 Å². The molecule has 0 bridgehead atoms. The lowest BCUT2D eigenvalue weighted by atomic mass is 10.0. The number of hydrogen-bond acceptors (Lipinski definition) is 2. The van der Waals surface area contributed by atoms with Gasteiger partial charge in [0.1, 0.15) is 12.4 Å². The molecular weight excluding hydrogens is 392 g/mol. The van der Waals surface area contributed by atoms with Crippen molar-refractivity contribution < 1.29 is 14.6 Å². The number of aliphatic carboxylic acids is 1. The first-order chi connectivity index (χ1) is 12.6. The molecule has 132 valence electrons. The highest BCUT2D eigenvalue weighted by Gasteiger charge is 2.06. The molecule has 0 fully saturated rings. The zero-order valence-corrected chi connectivity index (χ0v) is 15.8. The zero-order valence-electron chi connectivity index (χ0n) is 14.2. The summed E-state index contributed by atoms with van der Waals surface area (Å²) in [6.07, 6.45) is 0.631. The number of carboxylic acids is 1. The second-order valence-electron chi connectivity index (χ2n) is 6.01. The Bertz CT molecular complexity index is 891. The van der Waals surface area contributed by atoms with Gasteiger partial charge < -0.3 is 9.84 Å². The Balaban J connectivity index is 1.67. The van der Waals surface area contributed by atoms with Gasteiger partial charge in [-0.25, -0.2) is 0 Å². The van der Waals surface area contributed by atoms with Crippen molar-refractivity contribution in [2.24, 2.45) is 0 Å². The van der Waals surface area contributed by atoms with Crippen LogP contribution in [0.2, 0.25) is 0 Å². The van der Waals surface area contributed by atoms with Crippen LogP contribution >= 0.6 is 15.9 Å². The third kappa shape index (κ3) is 4.96. The van der Waals surface area contributed by atoms with E-state index in [2.05, 4.69) is 40.2 Å². The average molecular weight is 411 g/mol. The molecule has 0 heterocycles. The molecule has 0 aliphatic heterocycles. The average Bonchev–Trinajstić information content (AvgIpc) is 2.66. The monoisotopic (exact) mass is 410 g/mol. The van der Waals surface area contributed by atoms with Crippen molar-refractivity contribution in [3.8, 4) is 16.9 Å². The first-order valence-corrected chi connectivity index (χ1v) is 9.18. The van der Waals surface area contributed by atoms with E-state index < -0.39 is 5.97 Å². The molecule has 3 rings (SSSR count). The van der Waals surface area contributed by atoms with Crippen LogP contribution in [0.25, 0.3) is 11.1 Å². The van der Waals surface area contributed by atoms with Crippen LogP contribution in [-0.4, -0.2) is 11.1 Å². The van der Waals surface area contributed by atoms with Gasteiger partial charge in [-0.3, -0.25) is 4.79 Å². The summed E-state index contributed by atoms with van der Waals surface area (Å²) in [5.74, 6) is -0.0473. The van der Waals surface area contributed by atoms with Gasteiger partial charge in [-0.1, -0.05) is 54.6 Å². The molecule has 0 saturated carbocycles. The Kier molecular flexibility index (Phi) is 6.08. The second-order valence-corrected chi connectivity index (χ2v) is 6.87. The molecule has 0 aliphatic carbocycles. The van der Waals surface area contributed by atoms with Gasteiger partial charge in [-0.15, -0.1) is 0 Å². The van der Waals surface area contributed by atoms with Gasteiger partial charge in [0.05, 0.1) is 4.47 Å². The summed E-state index contributed by atoms with van der Waals surface area (Å²) < 4.78 is 6.76. The summed E-state index contributed by atoms with van der Waals surface area (Å²) in [5.41, 5.74) is 4.40. The Morgan fingerprint density at radius 1 is 0.885 bits per heavy atom. The first-order valence-electron chi connectivity index (χ1n) is 8.39. The highest BCUT2D eigenvalue weighted by molar-refractivity contribution is 9.10. The fraction of sp³-hybridized carbons (Fsp3) is 0.136. The van der Waals surface area contributed by atoms with Gasteiger partial charge in [-0.05, 0) is 62.8 Å². The standard InChI is InChI=1S/C22H19BrO3/c23-20-14-16(10-12-22(24)25)9-11-21(20)26-15-17-5-4-8-19(13-17)18-6-2-1-3-7-18/h1-9,11,13-14H,10,12,15H2,(H,24,25). The van der Waals surface area contributed by atoms with Crippen LogP contribution in [0.15, 0.2) is 77.3 Å². The van der Waals surface area contributed by atoms with E-state index in [9.17, 15) is 4.79 Å². The Hall–Kier alpha value is -2.59. The lowest BCUT2D eigenvalue weighted by molar-refractivity contribution is -0.136. The number of carbonyl (C=O) groups is 1. The molecule has 26 heavy (non-hydrogen) atoms. The van der Waals surface area contributed by atoms with Gasteiger partial charge in [0, 0.05) is 6.42 Å². The molecular formula is C22H19BrO3. The fourth-order valence-electron chi connectivity index (χ4n) is 2.70. The summed E-state index contributed by atoms with van der Waals surface area (Å²) in [4.78, 5) is 10.7. The van der Waals surface area contributed by atoms with Gasteiger partial charge >= 0.3 is 5.97 Å². The van der Waals surface area contributed by atoms with Crippen molar-refractivity contribution in [2.75, 3.05) is 0 Å². The minimum atomic E-state index is -0.792. The third-order valence-corrected chi connectivity index (χ3v) is 4.67. The topological polar surface area (TPSA) is 46.5 Å². The predicted octanol–water partition coefficient (Wildman–Crippen LogP) is 5.71. The number of carboxylic acid groups (broad SMARTS) is 1. The van der Waals surface area contributed by atoms with Gasteiger partial charge in [0.25, 0.3) is 0 Å². The molecule has 3 aromatic carbocycles. The highest BCUT2D eigenvalue weighted by atomic mass is 79.9. The van der Waals surface area contributed by atoms with E-state index in [1.807, 2.05) is 48.5 Å². The molecule has 1 N–H and O–H groups in total. The number of benzene rings is 3. The largest absolute Gasteiger partial charge is 0.488 e. The van der Waals surface area contributed by atoms with E-state index in [0.717, 1.165) is 26.9 Å².